The van der Waals surface area contributed by atoms with Crippen LogP contribution in [-0.2, 0) is 40.4 Å². The number of nitrogens with one attached hydrogen (secondary N) is 2. The average molecular weight is 866 g/mol. The fourth-order valence-corrected chi connectivity index (χ4v) is 7.93. The summed E-state index contributed by atoms with van der Waals surface area (Å²) in [6.07, 6.45) is -0.922. The number of carbonyl (C=O) groups excluding carboxylic acids is 3. The van der Waals surface area contributed by atoms with Crippen LogP contribution in [0.25, 0.3) is 11.1 Å². The molecule has 3 amide bonds. The van der Waals surface area contributed by atoms with E-state index in [1.165, 1.54) is 4.90 Å². The van der Waals surface area contributed by atoms with Crippen LogP contribution in [0.1, 0.15) is 55.4 Å². The number of amides is 3. The van der Waals surface area contributed by atoms with Gasteiger partial charge in [-0.25, -0.2) is 4.79 Å². The smallest absolute Gasteiger partial charge is 0.326 e. The third kappa shape index (κ3) is 9.12. The van der Waals surface area contributed by atoms with Crippen molar-refractivity contribution in [2.75, 3.05) is 5.32 Å². The molecule has 3 atom stereocenters. The summed E-state index contributed by atoms with van der Waals surface area (Å²) in [4.78, 5) is 56.0. The van der Waals surface area contributed by atoms with Gasteiger partial charge < -0.3 is 30.1 Å². The molecule has 2 aliphatic rings. The normalized spacial score (nSPS) is 15.8. The predicted octanol–water partition coefficient (Wildman–Crippen LogP) is 8.87. The number of anilines is 1. The molecule has 6 aromatic carbocycles. The van der Waals surface area contributed by atoms with Crippen LogP contribution in [-0.4, -0.2) is 45.8 Å². The van der Waals surface area contributed by atoms with E-state index in [0.29, 0.717) is 60.6 Å². The van der Waals surface area contributed by atoms with Crippen molar-refractivity contribution in [1.29, 1.82) is 5.26 Å². The zero-order chi connectivity index (χ0) is 43.5. The number of halogens is 2. The second-order valence-corrected chi connectivity index (χ2v) is 16.0. The maximum Gasteiger partial charge on any atom is 0.326 e. The first-order chi connectivity index (χ1) is 29.9. The van der Waals surface area contributed by atoms with Crippen LogP contribution in [0.4, 0.5) is 5.69 Å². The second-order valence-electron chi connectivity index (χ2n) is 15.2. The van der Waals surface area contributed by atoms with Gasteiger partial charge in [0.25, 0.3) is 11.8 Å². The predicted molar refractivity (Wildman–Crippen MR) is 234 cm³/mol. The maximum absolute atomic E-state index is 14.2. The van der Waals surface area contributed by atoms with Crippen LogP contribution in [0.5, 0.6) is 11.5 Å². The van der Waals surface area contributed by atoms with Gasteiger partial charge in [0.15, 0.2) is 0 Å². The Kier molecular flexibility index (Phi) is 12.0. The molecule has 11 nitrogen and oxygen atoms in total. The topological polar surface area (TPSA) is 158 Å². The maximum atomic E-state index is 14.2. The molecule has 0 saturated carbocycles. The van der Waals surface area contributed by atoms with Gasteiger partial charge in [0, 0.05) is 30.5 Å². The SMILES string of the molecule is Cc1cccc(C(=O)N2Cc3cc4c(cc3CC2C(=O)N[C@@H](Cc2ccc(-c3ccc(C#N)cc3)cc2)C(=O)O)NC(=O)[C@H](c2ccc(OCc3ccc(Cl)c(Cl)c3)cc2)O4)c1. The Labute approximate surface area is 367 Å². The molecule has 1 unspecified atom stereocenters. The molecule has 0 radical (unpaired) electrons. The largest absolute Gasteiger partial charge is 0.489 e. The van der Waals surface area contributed by atoms with Crippen molar-refractivity contribution >= 4 is 52.6 Å². The van der Waals surface area contributed by atoms with E-state index >= 15 is 0 Å². The van der Waals surface area contributed by atoms with Gasteiger partial charge in [-0.1, -0.05) is 95.5 Å². The molecule has 0 saturated heterocycles. The number of hydrogen-bond acceptors (Lipinski definition) is 7. The number of fused-ring (bicyclic) bond motifs is 2. The lowest BCUT2D eigenvalue weighted by molar-refractivity contribution is -0.142. The van der Waals surface area contributed by atoms with Gasteiger partial charge in [-0.15, -0.1) is 0 Å². The minimum Gasteiger partial charge on any atom is -0.489 e. The van der Waals surface area contributed by atoms with Gasteiger partial charge >= 0.3 is 5.97 Å². The third-order valence-electron chi connectivity index (χ3n) is 10.9. The molecular weight excluding hydrogens is 827 g/mol. The van der Waals surface area contributed by atoms with Crippen LogP contribution in [0.3, 0.4) is 0 Å². The van der Waals surface area contributed by atoms with Crippen LogP contribution in [0, 0.1) is 18.3 Å². The lowest BCUT2D eigenvalue weighted by atomic mass is 9.91. The number of benzene rings is 6. The van der Waals surface area contributed by atoms with Gasteiger partial charge in [0.05, 0.1) is 27.4 Å². The number of carboxylic acid groups (broad SMARTS) is 1. The van der Waals surface area contributed by atoms with Gasteiger partial charge in [-0.05, 0) is 101 Å². The fourth-order valence-electron chi connectivity index (χ4n) is 7.61. The summed E-state index contributed by atoms with van der Waals surface area (Å²) in [5, 5.41) is 25.9. The Hall–Kier alpha value is -7.13. The highest BCUT2D eigenvalue weighted by molar-refractivity contribution is 6.42. The average Bonchev–Trinajstić information content (AvgIpc) is 3.28. The Morgan fingerprint density at radius 1 is 0.887 bits per heavy atom. The molecule has 310 valence electrons. The number of aliphatic carboxylic acids is 1. The number of carbonyl (C=O) groups is 4. The van der Waals surface area contributed by atoms with Crippen molar-refractivity contribution in [3.05, 3.63) is 182 Å². The summed E-state index contributed by atoms with van der Waals surface area (Å²) in [6.45, 7) is 2.15. The highest BCUT2D eigenvalue weighted by Crippen LogP contribution is 2.40. The molecule has 0 fully saturated rings. The van der Waals surface area contributed by atoms with Gasteiger partial charge in [-0.3, -0.25) is 14.4 Å². The van der Waals surface area contributed by atoms with Crippen molar-refractivity contribution in [1.82, 2.24) is 10.2 Å². The highest BCUT2D eigenvalue weighted by atomic mass is 35.5. The molecule has 3 N–H and O–H groups in total. The Morgan fingerprint density at radius 2 is 1.60 bits per heavy atom. The zero-order valence-electron chi connectivity index (χ0n) is 33.2. The number of rotatable bonds is 11. The molecule has 0 aromatic heterocycles. The second kappa shape index (κ2) is 17.8. The summed E-state index contributed by atoms with van der Waals surface area (Å²) < 4.78 is 12.2. The van der Waals surface area contributed by atoms with Crippen LogP contribution in [0.2, 0.25) is 10.0 Å². The minimum atomic E-state index is -1.29. The number of nitriles is 1. The lowest BCUT2D eigenvalue weighted by Gasteiger charge is -2.37. The summed E-state index contributed by atoms with van der Waals surface area (Å²) in [5.74, 6) is -1.66. The van der Waals surface area contributed by atoms with Crippen molar-refractivity contribution in [3.8, 4) is 28.7 Å². The summed E-state index contributed by atoms with van der Waals surface area (Å²) in [5.41, 5.74) is 7.52. The van der Waals surface area contributed by atoms with E-state index in [-0.39, 0.29) is 26.0 Å². The molecule has 62 heavy (non-hydrogen) atoms. The standard InChI is InChI=1S/C49H38Cl2N4O7/c1-28-3-2-4-35(19-28)48(58)55-26-37-24-44-41(53-47(57)45(62-44)34-14-16-38(17-15-34)61-27-31-9-18-39(50)40(51)20-31)22-36(37)23-43(55)46(56)54-42(49(59)60)21-29-5-10-32(11-6-29)33-12-7-30(25-52)8-13-33/h2-20,22,24,42-43,45H,21,23,26-27H2,1H3,(H,53,57)(H,54,56)(H,59,60)/t42-,43?,45-/m0/s1. The lowest BCUT2D eigenvalue weighted by Crippen LogP contribution is -2.56. The number of hydrogen-bond donors (Lipinski definition) is 3. The number of aryl methyl sites for hydroxylation is 1. The van der Waals surface area contributed by atoms with E-state index in [9.17, 15) is 24.3 Å². The van der Waals surface area contributed by atoms with Crippen LogP contribution >= 0.6 is 23.2 Å². The molecule has 8 rings (SSSR count). The van der Waals surface area contributed by atoms with Crippen molar-refractivity contribution in [3.63, 3.8) is 0 Å². The summed E-state index contributed by atoms with van der Waals surface area (Å²) in [7, 11) is 0. The highest BCUT2D eigenvalue weighted by Gasteiger charge is 2.39. The number of carboxylic acids is 1. The minimum absolute atomic E-state index is 0.00359. The van der Waals surface area contributed by atoms with E-state index in [1.807, 2.05) is 43.3 Å². The van der Waals surface area contributed by atoms with Gasteiger partial charge in [0.1, 0.15) is 30.2 Å². The number of ether oxygens (including phenoxy) is 2. The van der Waals surface area contributed by atoms with E-state index < -0.39 is 41.9 Å². The van der Waals surface area contributed by atoms with E-state index in [2.05, 4.69) is 16.7 Å². The van der Waals surface area contributed by atoms with Crippen LogP contribution in [0.15, 0.2) is 127 Å². The quantitative estimate of drug-likeness (QED) is 0.117. The molecule has 6 aromatic rings. The summed E-state index contributed by atoms with van der Waals surface area (Å²) >= 11 is 12.2. The van der Waals surface area contributed by atoms with Gasteiger partial charge in [-0.2, -0.15) is 5.26 Å². The first-order valence-electron chi connectivity index (χ1n) is 19.7. The molecule has 0 spiro atoms. The third-order valence-corrected chi connectivity index (χ3v) is 11.7. The van der Waals surface area contributed by atoms with Crippen molar-refractivity contribution < 1.29 is 33.8 Å². The molecular formula is C49H38Cl2N4O7. The molecule has 0 bridgehead atoms. The van der Waals surface area contributed by atoms with E-state index in [0.717, 1.165) is 22.3 Å². The Morgan fingerprint density at radius 3 is 2.27 bits per heavy atom. The van der Waals surface area contributed by atoms with Crippen LogP contribution < -0.4 is 20.1 Å². The molecule has 2 aliphatic heterocycles. The first kappa shape index (κ1) is 41.6. The monoisotopic (exact) mass is 864 g/mol. The number of nitrogens with zero attached hydrogens (tertiary/aromatic N) is 2. The van der Waals surface area contributed by atoms with Crippen molar-refractivity contribution in [2.45, 2.75) is 51.1 Å². The molecule has 2 heterocycles. The molecule has 0 aliphatic carbocycles. The Bertz CT molecular complexity index is 2750. The van der Waals surface area contributed by atoms with E-state index in [4.69, 9.17) is 37.9 Å². The first-order valence-corrected chi connectivity index (χ1v) is 20.5. The fraction of sp³-hybridized carbons (Fsp3) is 0.163. The Balaban J connectivity index is 1.00. The zero-order valence-corrected chi connectivity index (χ0v) is 34.7. The van der Waals surface area contributed by atoms with E-state index in [1.54, 1.807) is 91.0 Å². The molecule has 13 heteroatoms. The van der Waals surface area contributed by atoms with Crippen molar-refractivity contribution in [2.24, 2.45) is 0 Å². The summed E-state index contributed by atoms with van der Waals surface area (Å²) in [6, 6.07) is 37.0. The van der Waals surface area contributed by atoms with Gasteiger partial charge in [0.2, 0.25) is 12.0 Å².